The summed E-state index contributed by atoms with van der Waals surface area (Å²) in [4.78, 5) is 66.9. The molecule has 0 bridgehead atoms. The zero-order valence-corrected chi connectivity index (χ0v) is 23.8. The lowest BCUT2D eigenvalue weighted by atomic mass is 10.0. The molecule has 0 aliphatic rings. The standard InChI is InChI=1S/C29H40N8O6/c30-20(12-7-15-34-29(32)33)25(39)36-22(16-18-8-3-1-4-9-18)27(41)35-21(13-14-24(31)38)26(40)37-23(28(42)43)17-19-10-5-2-6-11-19/h1-6,8-11,20-23H,7,12-17,30H2,(H2,31,38)(H,35,41)(H,36,39)(H,37,40)(H,42,43)(H4,32,33,34). The van der Waals surface area contributed by atoms with Crippen molar-refractivity contribution >= 4 is 35.6 Å². The maximum Gasteiger partial charge on any atom is 0.326 e. The van der Waals surface area contributed by atoms with Gasteiger partial charge in [-0.3, -0.25) is 24.2 Å². The maximum absolute atomic E-state index is 13.5. The number of aliphatic imine (C=N–C) groups is 1. The van der Waals surface area contributed by atoms with Gasteiger partial charge in [-0.2, -0.15) is 0 Å². The molecule has 2 aromatic rings. The largest absolute Gasteiger partial charge is 0.480 e. The van der Waals surface area contributed by atoms with Crippen molar-refractivity contribution in [1.29, 1.82) is 0 Å². The van der Waals surface area contributed by atoms with E-state index in [9.17, 15) is 29.1 Å². The zero-order valence-electron chi connectivity index (χ0n) is 23.8. The van der Waals surface area contributed by atoms with E-state index in [2.05, 4.69) is 20.9 Å². The van der Waals surface area contributed by atoms with Crippen molar-refractivity contribution in [3.8, 4) is 0 Å². The number of aliphatic carboxylic acids is 1. The van der Waals surface area contributed by atoms with Crippen LogP contribution < -0.4 is 38.9 Å². The highest BCUT2D eigenvalue weighted by atomic mass is 16.4. The maximum atomic E-state index is 13.5. The fourth-order valence-electron chi connectivity index (χ4n) is 4.14. The van der Waals surface area contributed by atoms with Crippen LogP contribution in [0.1, 0.15) is 36.8 Å². The number of carboxylic acid groups (broad SMARTS) is 1. The zero-order chi connectivity index (χ0) is 31.8. The Morgan fingerprint density at radius 1 is 0.698 bits per heavy atom. The SMILES string of the molecule is NC(=O)CCC(NC(=O)C(Cc1ccccc1)NC(=O)C(N)CCCN=C(N)N)C(=O)NC(Cc1ccccc1)C(=O)O. The van der Waals surface area contributed by atoms with E-state index < -0.39 is 53.8 Å². The van der Waals surface area contributed by atoms with Gasteiger partial charge < -0.3 is 44.0 Å². The molecule has 2 aromatic carbocycles. The van der Waals surface area contributed by atoms with Crippen molar-refractivity contribution in [2.24, 2.45) is 27.9 Å². The van der Waals surface area contributed by atoms with Gasteiger partial charge in [-0.05, 0) is 30.4 Å². The summed E-state index contributed by atoms with van der Waals surface area (Å²) < 4.78 is 0. The number of carbonyl (C=O) groups excluding carboxylic acids is 4. The highest BCUT2D eigenvalue weighted by Crippen LogP contribution is 2.08. The summed E-state index contributed by atoms with van der Waals surface area (Å²) in [5.41, 5.74) is 23.3. The second-order valence-electron chi connectivity index (χ2n) is 9.96. The molecular weight excluding hydrogens is 556 g/mol. The highest BCUT2D eigenvalue weighted by Gasteiger charge is 2.30. The smallest absolute Gasteiger partial charge is 0.326 e. The van der Waals surface area contributed by atoms with Crippen molar-refractivity contribution in [2.45, 2.75) is 62.7 Å². The fourth-order valence-corrected chi connectivity index (χ4v) is 4.14. The van der Waals surface area contributed by atoms with E-state index in [1.165, 1.54) is 0 Å². The Balaban J connectivity index is 2.20. The van der Waals surface area contributed by atoms with E-state index in [4.69, 9.17) is 22.9 Å². The summed E-state index contributed by atoms with van der Waals surface area (Å²) in [6.07, 6.45) is 0.266. The number of carboxylic acids is 1. The van der Waals surface area contributed by atoms with Gasteiger partial charge in [-0.25, -0.2) is 4.79 Å². The third-order valence-corrected chi connectivity index (χ3v) is 6.43. The van der Waals surface area contributed by atoms with Crippen LogP contribution >= 0.6 is 0 Å². The molecule has 0 aliphatic carbocycles. The van der Waals surface area contributed by atoms with E-state index >= 15 is 0 Å². The first-order valence-corrected chi connectivity index (χ1v) is 13.8. The highest BCUT2D eigenvalue weighted by molar-refractivity contribution is 5.94. The third kappa shape index (κ3) is 13.0. The van der Waals surface area contributed by atoms with Crippen molar-refractivity contribution < 1.29 is 29.1 Å². The Kier molecular flexibility index (Phi) is 14.1. The topological polar surface area (TPSA) is 258 Å². The lowest BCUT2D eigenvalue weighted by molar-refractivity contribution is -0.142. The van der Waals surface area contributed by atoms with E-state index in [1.807, 2.05) is 0 Å². The number of guanidine groups is 1. The Morgan fingerprint density at radius 2 is 1.19 bits per heavy atom. The molecule has 0 aromatic heterocycles. The Hall–Kier alpha value is -4.98. The number of nitrogens with zero attached hydrogens (tertiary/aromatic N) is 1. The molecule has 43 heavy (non-hydrogen) atoms. The summed E-state index contributed by atoms with van der Waals surface area (Å²) in [6.45, 7) is 0.273. The molecule has 0 heterocycles. The number of primary amides is 1. The first-order chi connectivity index (χ1) is 20.5. The van der Waals surface area contributed by atoms with E-state index in [1.54, 1.807) is 60.7 Å². The van der Waals surface area contributed by atoms with Crippen LogP contribution in [0.25, 0.3) is 0 Å². The van der Waals surface area contributed by atoms with Crippen LogP contribution in [-0.2, 0) is 36.8 Å². The van der Waals surface area contributed by atoms with Crippen molar-refractivity contribution in [2.75, 3.05) is 6.54 Å². The second kappa shape index (κ2) is 17.7. The fraction of sp³-hybridized carbons (Fsp3) is 0.379. The number of nitrogens with two attached hydrogens (primary N) is 4. The number of amides is 4. The minimum absolute atomic E-state index is 0.00778. The minimum Gasteiger partial charge on any atom is -0.480 e. The van der Waals surface area contributed by atoms with Crippen LogP contribution in [-0.4, -0.2) is 71.4 Å². The number of rotatable bonds is 18. The predicted octanol–water partition coefficient (Wildman–Crippen LogP) is -1.34. The number of hydrogen-bond donors (Lipinski definition) is 8. The van der Waals surface area contributed by atoms with Gasteiger partial charge in [0.25, 0.3) is 0 Å². The van der Waals surface area contributed by atoms with Crippen LogP contribution in [0.4, 0.5) is 0 Å². The Bertz CT molecular complexity index is 1250. The molecule has 14 heteroatoms. The van der Waals surface area contributed by atoms with Crippen LogP contribution in [0.3, 0.4) is 0 Å². The molecule has 0 fully saturated rings. The molecule has 232 valence electrons. The van der Waals surface area contributed by atoms with Crippen molar-refractivity contribution in [1.82, 2.24) is 16.0 Å². The molecule has 0 saturated heterocycles. The van der Waals surface area contributed by atoms with Gasteiger partial charge in [0, 0.05) is 25.8 Å². The first-order valence-electron chi connectivity index (χ1n) is 13.8. The number of benzene rings is 2. The number of hydrogen-bond acceptors (Lipinski definition) is 7. The van der Waals surface area contributed by atoms with Crippen molar-refractivity contribution in [3.63, 3.8) is 0 Å². The van der Waals surface area contributed by atoms with E-state index in [-0.39, 0.29) is 44.6 Å². The summed E-state index contributed by atoms with van der Waals surface area (Å²) >= 11 is 0. The molecule has 0 spiro atoms. The third-order valence-electron chi connectivity index (χ3n) is 6.43. The summed E-state index contributed by atoms with van der Waals surface area (Å²) in [7, 11) is 0. The second-order valence-corrected chi connectivity index (χ2v) is 9.96. The number of nitrogens with one attached hydrogen (secondary N) is 3. The monoisotopic (exact) mass is 596 g/mol. The molecule has 2 rings (SSSR count). The molecule has 4 amide bonds. The molecule has 4 unspecified atom stereocenters. The normalized spacial score (nSPS) is 13.4. The molecule has 0 aliphatic heterocycles. The molecule has 12 N–H and O–H groups in total. The lowest BCUT2D eigenvalue weighted by Crippen LogP contribution is -2.58. The quantitative estimate of drug-likeness (QED) is 0.0574. The van der Waals surface area contributed by atoms with Crippen LogP contribution in [0, 0.1) is 0 Å². The first kappa shape index (κ1) is 34.2. The van der Waals surface area contributed by atoms with Gasteiger partial charge in [-0.15, -0.1) is 0 Å². The molecular formula is C29H40N8O6. The average Bonchev–Trinajstić information content (AvgIpc) is 2.97. The summed E-state index contributed by atoms with van der Waals surface area (Å²) in [6, 6.07) is 12.8. The van der Waals surface area contributed by atoms with Gasteiger partial charge in [0.05, 0.1) is 6.04 Å². The van der Waals surface area contributed by atoms with Gasteiger partial charge >= 0.3 is 5.97 Å². The van der Waals surface area contributed by atoms with Gasteiger partial charge in [0.2, 0.25) is 23.6 Å². The van der Waals surface area contributed by atoms with Crippen LogP contribution in [0.15, 0.2) is 65.7 Å². The minimum atomic E-state index is -1.32. The van der Waals surface area contributed by atoms with Crippen molar-refractivity contribution in [3.05, 3.63) is 71.8 Å². The number of carbonyl (C=O) groups is 5. The van der Waals surface area contributed by atoms with Crippen LogP contribution in [0.5, 0.6) is 0 Å². The molecule has 0 radical (unpaired) electrons. The summed E-state index contributed by atoms with van der Waals surface area (Å²) in [5.74, 6) is -4.23. The van der Waals surface area contributed by atoms with Gasteiger partial charge in [0.1, 0.15) is 18.1 Å². The molecule has 4 atom stereocenters. The lowest BCUT2D eigenvalue weighted by Gasteiger charge is -2.25. The predicted molar refractivity (Wildman–Crippen MR) is 160 cm³/mol. The Morgan fingerprint density at radius 3 is 1.70 bits per heavy atom. The molecule has 0 saturated carbocycles. The van der Waals surface area contributed by atoms with Gasteiger partial charge in [-0.1, -0.05) is 60.7 Å². The Labute approximate surface area is 249 Å². The van der Waals surface area contributed by atoms with E-state index in [0.29, 0.717) is 12.0 Å². The van der Waals surface area contributed by atoms with Gasteiger partial charge in [0.15, 0.2) is 5.96 Å². The van der Waals surface area contributed by atoms with E-state index in [0.717, 1.165) is 5.56 Å². The molecule has 14 nitrogen and oxygen atoms in total. The summed E-state index contributed by atoms with van der Waals surface area (Å²) in [5, 5.41) is 17.3. The average molecular weight is 597 g/mol. The van der Waals surface area contributed by atoms with Crippen LogP contribution in [0.2, 0.25) is 0 Å².